The maximum atomic E-state index is 5.57. The number of furan rings is 1. The van der Waals surface area contributed by atoms with Crippen LogP contribution in [0.3, 0.4) is 0 Å². The summed E-state index contributed by atoms with van der Waals surface area (Å²) in [7, 11) is 3.18. The molecule has 0 aliphatic heterocycles. The molecular weight excluding hydrogens is 208 g/mol. The highest BCUT2D eigenvalue weighted by Crippen LogP contribution is 2.34. The summed E-state index contributed by atoms with van der Waals surface area (Å²) in [6.45, 7) is 0. The predicted octanol–water partition coefficient (Wildman–Crippen LogP) is 3.09. The third kappa shape index (κ3) is 2.11. The molecule has 4 heteroatoms. The minimum atomic E-state index is 0.612. The summed E-state index contributed by atoms with van der Waals surface area (Å²) in [6, 6.07) is 7.07. The highest BCUT2D eigenvalue weighted by Gasteiger charge is 2.07. The molecule has 0 N–H and O–H groups in total. The van der Waals surface area contributed by atoms with Crippen molar-refractivity contribution in [2.24, 2.45) is 0 Å². The zero-order chi connectivity index (χ0) is 11.4. The smallest absolute Gasteiger partial charge is 0.169 e. The van der Waals surface area contributed by atoms with E-state index in [1.165, 1.54) is 6.26 Å². The van der Waals surface area contributed by atoms with E-state index in [2.05, 4.69) is 0 Å². The van der Waals surface area contributed by atoms with Crippen molar-refractivity contribution in [1.82, 2.24) is 0 Å². The molecule has 0 amide bonds. The maximum absolute atomic E-state index is 5.57. The SMILES string of the molecule is COc1ccc(Oc2ccoc2)c(OC)c1. The van der Waals surface area contributed by atoms with Gasteiger partial charge in [0.2, 0.25) is 0 Å². The molecule has 84 valence electrons. The fourth-order valence-electron chi connectivity index (χ4n) is 1.30. The molecule has 4 nitrogen and oxygen atoms in total. The molecule has 0 spiro atoms. The standard InChI is InChI=1S/C12H12O4/c1-13-9-3-4-11(12(7-9)14-2)16-10-5-6-15-8-10/h3-8H,1-2H3. The van der Waals surface area contributed by atoms with Gasteiger partial charge in [0.15, 0.2) is 17.2 Å². The van der Waals surface area contributed by atoms with Crippen LogP contribution in [0.15, 0.2) is 41.2 Å². The van der Waals surface area contributed by atoms with Crippen molar-refractivity contribution in [1.29, 1.82) is 0 Å². The van der Waals surface area contributed by atoms with Gasteiger partial charge in [-0.15, -0.1) is 0 Å². The van der Waals surface area contributed by atoms with E-state index in [4.69, 9.17) is 18.6 Å². The molecule has 0 bridgehead atoms. The number of benzene rings is 1. The van der Waals surface area contributed by atoms with Crippen molar-refractivity contribution in [3.63, 3.8) is 0 Å². The summed E-state index contributed by atoms with van der Waals surface area (Å²) in [5, 5.41) is 0. The van der Waals surface area contributed by atoms with Crippen molar-refractivity contribution in [2.75, 3.05) is 14.2 Å². The summed E-state index contributed by atoms with van der Waals surface area (Å²) < 4.78 is 20.8. The molecule has 0 radical (unpaired) electrons. The Balaban J connectivity index is 2.26. The third-order valence-electron chi connectivity index (χ3n) is 2.09. The Kier molecular flexibility index (Phi) is 3.00. The molecule has 0 aliphatic carbocycles. The maximum Gasteiger partial charge on any atom is 0.169 e. The Morgan fingerprint density at radius 3 is 2.44 bits per heavy atom. The first-order valence-corrected chi connectivity index (χ1v) is 4.75. The van der Waals surface area contributed by atoms with Crippen molar-refractivity contribution in [2.45, 2.75) is 0 Å². The van der Waals surface area contributed by atoms with Crippen LogP contribution in [-0.2, 0) is 0 Å². The number of ether oxygens (including phenoxy) is 3. The molecule has 2 rings (SSSR count). The van der Waals surface area contributed by atoms with E-state index in [-0.39, 0.29) is 0 Å². The van der Waals surface area contributed by atoms with Crippen LogP contribution < -0.4 is 14.2 Å². The molecule has 1 heterocycles. The van der Waals surface area contributed by atoms with Gasteiger partial charge >= 0.3 is 0 Å². The summed E-state index contributed by atoms with van der Waals surface area (Å²) in [4.78, 5) is 0. The lowest BCUT2D eigenvalue weighted by Crippen LogP contribution is -1.91. The molecule has 1 aromatic heterocycles. The van der Waals surface area contributed by atoms with Gasteiger partial charge in [-0.3, -0.25) is 0 Å². The van der Waals surface area contributed by atoms with E-state index in [9.17, 15) is 0 Å². The second-order valence-corrected chi connectivity index (χ2v) is 3.08. The minimum absolute atomic E-state index is 0.612. The van der Waals surface area contributed by atoms with Gasteiger partial charge in [-0.05, 0) is 12.1 Å². The summed E-state index contributed by atoms with van der Waals surface area (Å²) in [5.74, 6) is 2.57. The van der Waals surface area contributed by atoms with Crippen LogP contribution >= 0.6 is 0 Å². The van der Waals surface area contributed by atoms with Crippen LogP contribution in [0.25, 0.3) is 0 Å². The van der Waals surface area contributed by atoms with Gasteiger partial charge in [-0.2, -0.15) is 0 Å². The molecule has 2 aromatic rings. The normalized spacial score (nSPS) is 9.88. The summed E-state index contributed by atoms with van der Waals surface area (Å²) in [6.07, 6.45) is 3.06. The van der Waals surface area contributed by atoms with E-state index >= 15 is 0 Å². The van der Waals surface area contributed by atoms with Crippen LogP contribution in [0.2, 0.25) is 0 Å². The van der Waals surface area contributed by atoms with E-state index < -0.39 is 0 Å². The van der Waals surface area contributed by atoms with E-state index in [1.807, 2.05) is 0 Å². The van der Waals surface area contributed by atoms with Gasteiger partial charge in [0.05, 0.1) is 20.5 Å². The highest BCUT2D eigenvalue weighted by atomic mass is 16.5. The molecular formula is C12H12O4. The minimum Gasteiger partial charge on any atom is -0.497 e. The van der Waals surface area contributed by atoms with Gasteiger partial charge in [0.25, 0.3) is 0 Å². The van der Waals surface area contributed by atoms with Crippen molar-refractivity contribution < 1.29 is 18.6 Å². The highest BCUT2D eigenvalue weighted by molar-refractivity contribution is 5.47. The van der Waals surface area contributed by atoms with E-state index in [1.54, 1.807) is 44.7 Å². The first-order chi connectivity index (χ1) is 7.83. The van der Waals surface area contributed by atoms with Gasteiger partial charge in [-0.25, -0.2) is 0 Å². The molecule has 0 saturated heterocycles. The van der Waals surface area contributed by atoms with Crippen LogP contribution in [0.4, 0.5) is 0 Å². The number of methoxy groups -OCH3 is 2. The topological polar surface area (TPSA) is 40.8 Å². The van der Waals surface area contributed by atoms with Gasteiger partial charge < -0.3 is 18.6 Å². The molecule has 0 unspecified atom stereocenters. The lowest BCUT2D eigenvalue weighted by molar-refractivity contribution is 0.367. The fraction of sp³-hybridized carbons (Fsp3) is 0.167. The Hall–Kier alpha value is -2.10. The van der Waals surface area contributed by atoms with Gasteiger partial charge in [-0.1, -0.05) is 0 Å². The van der Waals surface area contributed by atoms with Crippen molar-refractivity contribution in [3.05, 3.63) is 36.8 Å². The zero-order valence-electron chi connectivity index (χ0n) is 9.10. The first-order valence-electron chi connectivity index (χ1n) is 4.75. The number of hydrogen-bond acceptors (Lipinski definition) is 4. The lowest BCUT2D eigenvalue weighted by Gasteiger charge is -2.09. The molecule has 16 heavy (non-hydrogen) atoms. The van der Waals surface area contributed by atoms with Gasteiger partial charge in [0.1, 0.15) is 12.0 Å². The van der Waals surface area contributed by atoms with E-state index in [0.29, 0.717) is 17.2 Å². The monoisotopic (exact) mass is 220 g/mol. The Labute approximate surface area is 93.4 Å². The molecule has 0 fully saturated rings. The summed E-state index contributed by atoms with van der Waals surface area (Å²) >= 11 is 0. The second kappa shape index (κ2) is 4.61. The first kappa shape index (κ1) is 10.4. The van der Waals surface area contributed by atoms with Crippen molar-refractivity contribution >= 4 is 0 Å². The van der Waals surface area contributed by atoms with Crippen LogP contribution in [0, 0.1) is 0 Å². The van der Waals surface area contributed by atoms with Crippen LogP contribution in [0.5, 0.6) is 23.0 Å². The number of hydrogen-bond donors (Lipinski definition) is 0. The predicted molar refractivity (Wildman–Crippen MR) is 58.3 cm³/mol. The van der Waals surface area contributed by atoms with Crippen LogP contribution in [0.1, 0.15) is 0 Å². The Morgan fingerprint density at radius 1 is 0.938 bits per heavy atom. The van der Waals surface area contributed by atoms with Crippen LogP contribution in [-0.4, -0.2) is 14.2 Å². The van der Waals surface area contributed by atoms with Gasteiger partial charge in [0, 0.05) is 12.1 Å². The second-order valence-electron chi connectivity index (χ2n) is 3.08. The molecule has 0 aliphatic rings. The molecule has 0 saturated carbocycles. The average Bonchev–Trinajstić information content (AvgIpc) is 2.82. The Bertz CT molecular complexity index is 448. The third-order valence-corrected chi connectivity index (χ3v) is 2.09. The number of rotatable bonds is 4. The van der Waals surface area contributed by atoms with Crippen molar-refractivity contribution in [3.8, 4) is 23.0 Å². The summed E-state index contributed by atoms with van der Waals surface area (Å²) in [5.41, 5.74) is 0. The Morgan fingerprint density at radius 2 is 1.81 bits per heavy atom. The molecule has 0 atom stereocenters. The lowest BCUT2D eigenvalue weighted by atomic mass is 10.3. The fourth-order valence-corrected chi connectivity index (χ4v) is 1.30. The average molecular weight is 220 g/mol. The van der Waals surface area contributed by atoms with E-state index in [0.717, 1.165) is 5.75 Å². The zero-order valence-corrected chi connectivity index (χ0v) is 9.10. The largest absolute Gasteiger partial charge is 0.497 e. The molecule has 1 aromatic carbocycles. The quantitative estimate of drug-likeness (QED) is 0.793.